The molecular weight excluding hydrogens is 170 g/mol. The van der Waals surface area contributed by atoms with Crippen LogP contribution in [-0.2, 0) is 5.41 Å². The minimum absolute atomic E-state index is 0.0444. The van der Waals surface area contributed by atoms with E-state index in [9.17, 15) is 0 Å². The van der Waals surface area contributed by atoms with E-state index in [1.165, 1.54) is 5.56 Å². The van der Waals surface area contributed by atoms with Gasteiger partial charge in [0.1, 0.15) is 0 Å². The van der Waals surface area contributed by atoms with E-state index in [0.717, 1.165) is 0 Å². The molecule has 0 saturated heterocycles. The molecule has 1 aromatic rings. The SMILES string of the molecule is C/C=C/C(C)(C)c1ccc(C#N)cc1. The lowest BCUT2D eigenvalue weighted by atomic mass is 9.84. The Morgan fingerprint density at radius 1 is 1.21 bits per heavy atom. The first-order valence-electron chi connectivity index (χ1n) is 4.74. The molecule has 0 aliphatic heterocycles. The van der Waals surface area contributed by atoms with Crippen LogP contribution in [0.1, 0.15) is 31.9 Å². The molecule has 0 N–H and O–H groups in total. The molecule has 0 heterocycles. The zero-order chi connectivity index (χ0) is 10.6. The molecule has 1 nitrogen and oxygen atoms in total. The molecule has 0 bridgehead atoms. The largest absolute Gasteiger partial charge is 0.192 e. The molecular formula is C13H15N. The summed E-state index contributed by atoms with van der Waals surface area (Å²) in [4.78, 5) is 0. The Labute approximate surface area is 85.7 Å². The van der Waals surface area contributed by atoms with Crippen molar-refractivity contribution in [3.63, 3.8) is 0 Å². The van der Waals surface area contributed by atoms with E-state index in [-0.39, 0.29) is 5.41 Å². The maximum Gasteiger partial charge on any atom is 0.0991 e. The minimum Gasteiger partial charge on any atom is -0.192 e. The number of rotatable bonds is 2. The number of allylic oxidation sites excluding steroid dienone is 2. The van der Waals surface area contributed by atoms with Gasteiger partial charge in [0, 0.05) is 5.41 Å². The fourth-order valence-electron chi connectivity index (χ4n) is 1.49. The Bertz CT molecular complexity index is 363. The average molecular weight is 185 g/mol. The van der Waals surface area contributed by atoms with Crippen molar-refractivity contribution in [2.24, 2.45) is 0 Å². The summed E-state index contributed by atoms with van der Waals surface area (Å²) in [5.41, 5.74) is 1.99. The van der Waals surface area contributed by atoms with E-state index >= 15 is 0 Å². The zero-order valence-corrected chi connectivity index (χ0v) is 8.91. The van der Waals surface area contributed by atoms with Crippen LogP contribution in [-0.4, -0.2) is 0 Å². The van der Waals surface area contributed by atoms with E-state index in [1.54, 1.807) is 0 Å². The van der Waals surface area contributed by atoms with Crippen LogP contribution in [0, 0.1) is 11.3 Å². The highest BCUT2D eigenvalue weighted by molar-refractivity contribution is 5.36. The van der Waals surface area contributed by atoms with Crippen LogP contribution < -0.4 is 0 Å². The fourth-order valence-corrected chi connectivity index (χ4v) is 1.49. The monoisotopic (exact) mass is 185 g/mol. The summed E-state index contributed by atoms with van der Waals surface area (Å²) in [6.07, 6.45) is 4.21. The molecule has 1 heteroatoms. The first-order chi connectivity index (χ1) is 6.60. The second-order valence-corrected chi connectivity index (χ2v) is 3.91. The minimum atomic E-state index is 0.0444. The van der Waals surface area contributed by atoms with Gasteiger partial charge in [-0.1, -0.05) is 38.1 Å². The van der Waals surface area contributed by atoms with Gasteiger partial charge in [-0.05, 0) is 24.6 Å². The van der Waals surface area contributed by atoms with Crippen LogP contribution in [0.25, 0.3) is 0 Å². The molecule has 72 valence electrons. The van der Waals surface area contributed by atoms with Crippen molar-refractivity contribution in [2.75, 3.05) is 0 Å². The third-order valence-corrected chi connectivity index (χ3v) is 2.34. The Morgan fingerprint density at radius 2 is 1.79 bits per heavy atom. The lowest BCUT2D eigenvalue weighted by Crippen LogP contribution is -2.12. The molecule has 0 aliphatic carbocycles. The lowest BCUT2D eigenvalue weighted by molar-refractivity contribution is 0.669. The van der Waals surface area contributed by atoms with Gasteiger partial charge in [-0.3, -0.25) is 0 Å². The Morgan fingerprint density at radius 3 is 2.21 bits per heavy atom. The maximum absolute atomic E-state index is 8.67. The van der Waals surface area contributed by atoms with Crippen LogP contribution in [0.3, 0.4) is 0 Å². The fraction of sp³-hybridized carbons (Fsp3) is 0.308. The second kappa shape index (κ2) is 4.11. The Balaban J connectivity index is 3.04. The molecule has 0 amide bonds. The number of nitriles is 1. The summed E-state index contributed by atoms with van der Waals surface area (Å²) >= 11 is 0. The van der Waals surface area contributed by atoms with Crippen molar-refractivity contribution >= 4 is 0 Å². The highest BCUT2D eigenvalue weighted by Crippen LogP contribution is 2.24. The summed E-state index contributed by atoms with van der Waals surface area (Å²) in [7, 11) is 0. The van der Waals surface area contributed by atoms with Gasteiger partial charge in [0.05, 0.1) is 11.6 Å². The molecule has 14 heavy (non-hydrogen) atoms. The van der Waals surface area contributed by atoms with Gasteiger partial charge >= 0.3 is 0 Å². The predicted octanol–water partition coefficient (Wildman–Crippen LogP) is 3.41. The van der Waals surface area contributed by atoms with E-state index in [1.807, 2.05) is 31.2 Å². The van der Waals surface area contributed by atoms with Crippen molar-refractivity contribution < 1.29 is 0 Å². The molecule has 0 radical (unpaired) electrons. The summed E-state index contributed by atoms with van der Waals surface area (Å²) in [5.74, 6) is 0. The topological polar surface area (TPSA) is 23.8 Å². The number of benzene rings is 1. The van der Waals surface area contributed by atoms with Gasteiger partial charge in [0.2, 0.25) is 0 Å². The van der Waals surface area contributed by atoms with Gasteiger partial charge in [-0.15, -0.1) is 0 Å². The van der Waals surface area contributed by atoms with Crippen LogP contribution in [0.5, 0.6) is 0 Å². The maximum atomic E-state index is 8.67. The Hall–Kier alpha value is -1.55. The van der Waals surface area contributed by atoms with Gasteiger partial charge in [0.15, 0.2) is 0 Å². The highest BCUT2D eigenvalue weighted by atomic mass is 14.2. The molecule has 1 aromatic carbocycles. The summed E-state index contributed by atoms with van der Waals surface area (Å²) in [6.45, 7) is 6.34. The highest BCUT2D eigenvalue weighted by Gasteiger charge is 2.15. The van der Waals surface area contributed by atoms with Crippen molar-refractivity contribution in [3.05, 3.63) is 47.5 Å². The molecule has 0 spiro atoms. The average Bonchev–Trinajstić information content (AvgIpc) is 2.18. The van der Waals surface area contributed by atoms with Crippen LogP contribution >= 0.6 is 0 Å². The van der Waals surface area contributed by atoms with Gasteiger partial charge in [0.25, 0.3) is 0 Å². The summed E-state index contributed by atoms with van der Waals surface area (Å²) < 4.78 is 0. The van der Waals surface area contributed by atoms with E-state index in [4.69, 9.17) is 5.26 Å². The quantitative estimate of drug-likeness (QED) is 0.648. The molecule has 0 unspecified atom stereocenters. The third-order valence-electron chi connectivity index (χ3n) is 2.34. The van der Waals surface area contributed by atoms with Gasteiger partial charge < -0.3 is 0 Å². The molecule has 0 atom stereocenters. The first kappa shape index (κ1) is 10.5. The van der Waals surface area contributed by atoms with Crippen LogP contribution in [0.15, 0.2) is 36.4 Å². The molecule has 0 aliphatic rings. The molecule has 0 saturated carbocycles. The predicted molar refractivity (Wildman–Crippen MR) is 59.0 cm³/mol. The third kappa shape index (κ3) is 2.23. The van der Waals surface area contributed by atoms with E-state index in [2.05, 4.69) is 32.1 Å². The Kier molecular flexibility index (Phi) is 3.09. The first-order valence-corrected chi connectivity index (χ1v) is 4.74. The zero-order valence-electron chi connectivity index (χ0n) is 8.91. The number of nitrogens with zero attached hydrogens (tertiary/aromatic N) is 1. The number of hydrogen-bond donors (Lipinski definition) is 0. The standard InChI is InChI=1S/C13H15N/c1-4-9-13(2,3)12-7-5-11(10-14)6-8-12/h4-9H,1-3H3/b9-4+. The summed E-state index contributed by atoms with van der Waals surface area (Å²) in [6, 6.07) is 9.87. The lowest BCUT2D eigenvalue weighted by Gasteiger charge is -2.20. The molecule has 0 fully saturated rings. The summed E-state index contributed by atoms with van der Waals surface area (Å²) in [5, 5.41) is 8.67. The van der Waals surface area contributed by atoms with Crippen molar-refractivity contribution in [3.8, 4) is 6.07 Å². The number of hydrogen-bond acceptors (Lipinski definition) is 1. The van der Waals surface area contributed by atoms with Crippen molar-refractivity contribution in [1.82, 2.24) is 0 Å². The molecule has 1 rings (SSSR count). The van der Waals surface area contributed by atoms with Crippen molar-refractivity contribution in [2.45, 2.75) is 26.2 Å². The van der Waals surface area contributed by atoms with Gasteiger partial charge in [-0.25, -0.2) is 0 Å². The van der Waals surface area contributed by atoms with Crippen LogP contribution in [0.4, 0.5) is 0 Å². The second-order valence-electron chi connectivity index (χ2n) is 3.91. The van der Waals surface area contributed by atoms with E-state index in [0.29, 0.717) is 5.56 Å². The van der Waals surface area contributed by atoms with Crippen molar-refractivity contribution in [1.29, 1.82) is 5.26 Å². The smallest absolute Gasteiger partial charge is 0.0991 e. The van der Waals surface area contributed by atoms with E-state index < -0.39 is 0 Å². The van der Waals surface area contributed by atoms with Gasteiger partial charge in [-0.2, -0.15) is 5.26 Å². The normalized spacial score (nSPS) is 11.6. The van der Waals surface area contributed by atoms with Crippen LogP contribution in [0.2, 0.25) is 0 Å². The molecule has 0 aromatic heterocycles.